The van der Waals surface area contributed by atoms with Gasteiger partial charge in [0.25, 0.3) is 0 Å². The molecule has 70 valence electrons. The summed E-state index contributed by atoms with van der Waals surface area (Å²) in [5, 5.41) is 3.33. The van der Waals surface area contributed by atoms with Gasteiger partial charge in [0.15, 0.2) is 0 Å². The zero-order valence-corrected chi connectivity index (χ0v) is 8.21. The minimum atomic E-state index is 0.915. The Morgan fingerprint density at radius 2 is 1.75 bits per heavy atom. The van der Waals surface area contributed by atoms with E-state index in [9.17, 15) is 0 Å². The number of hydrogen-bond donors (Lipinski definition) is 1. The molecule has 2 fully saturated rings. The molecular weight excluding hydrogens is 148 g/mol. The van der Waals surface area contributed by atoms with Crippen molar-refractivity contribution < 1.29 is 0 Å². The molecule has 0 amide bonds. The predicted octanol–water partition coefficient (Wildman–Crippen LogP) is 0.794. The summed E-state index contributed by atoms with van der Waals surface area (Å²) in [6, 6.07) is 0. The lowest BCUT2D eigenvalue weighted by atomic mass is 10.0. The van der Waals surface area contributed by atoms with Crippen LogP contribution >= 0.6 is 0 Å². The second-order valence-electron chi connectivity index (χ2n) is 4.70. The molecule has 2 aliphatic rings. The molecule has 0 radical (unpaired) electrons. The van der Waals surface area contributed by atoms with Gasteiger partial charge in [-0.1, -0.05) is 13.8 Å². The monoisotopic (exact) mass is 168 g/mol. The number of nitrogens with zero attached hydrogens (tertiary/aromatic N) is 1. The van der Waals surface area contributed by atoms with Gasteiger partial charge in [0.1, 0.15) is 0 Å². The zero-order valence-electron chi connectivity index (χ0n) is 8.21. The van der Waals surface area contributed by atoms with Crippen LogP contribution in [-0.2, 0) is 0 Å². The van der Waals surface area contributed by atoms with Crippen molar-refractivity contribution in [1.82, 2.24) is 10.2 Å². The lowest BCUT2D eigenvalue weighted by Gasteiger charge is -2.31. The van der Waals surface area contributed by atoms with E-state index >= 15 is 0 Å². The van der Waals surface area contributed by atoms with Gasteiger partial charge in [-0.2, -0.15) is 0 Å². The maximum atomic E-state index is 3.33. The van der Waals surface area contributed by atoms with Crippen molar-refractivity contribution in [3.05, 3.63) is 0 Å². The number of likely N-dealkylation sites (tertiary alicyclic amines) is 1. The average molecular weight is 168 g/mol. The van der Waals surface area contributed by atoms with Gasteiger partial charge in [0.05, 0.1) is 0 Å². The first kappa shape index (κ1) is 8.52. The lowest BCUT2D eigenvalue weighted by Crippen LogP contribution is -2.47. The first-order valence-electron chi connectivity index (χ1n) is 5.19. The molecule has 12 heavy (non-hydrogen) atoms. The molecule has 2 saturated heterocycles. The van der Waals surface area contributed by atoms with Crippen LogP contribution in [0.4, 0.5) is 0 Å². The Morgan fingerprint density at radius 3 is 2.17 bits per heavy atom. The van der Waals surface area contributed by atoms with Crippen LogP contribution in [0, 0.1) is 17.8 Å². The molecule has 0 aliphatic carbocycles. The molecule has 0 aromatic carbocycles. The Balaban J connectivity index is 1.75. The van der Waals surface area contributed by atoms with Gasteiger partial charge in [0.2, 0.25) is 0 Å². The largest absolute Gasteiger partial charge is 0.316 e. The summed E-state index contributed by atoms with van der Waals surface area (Å²) in [6.07, 6.45) is 0. The fourth-order valence-electron chi connectivity index (χ4n) is 2.24. The van der Waals surface area contributed by atoms with Crippen molar-refractivity contribution in [3.63, 3.8) is 0 Å². The maximum Gasteiger partial charge on any atom is 0.00342 e. The molecule has 0 spiro atoms. The van der Waals surface area contributed by atoms with Gasteiger partial charge in [-0.15, -0.1) is 0 Å². The second kappa shape index (κ2) is 3.35. The fourth-order valence-corrected chi connectivity index (χ4v) is 2.24. The van der Waals surface area contributed by atoms with Crippen LogP contribution in [-0.4, -0.2) is 37.6 Å². The summed E-state index contributed by atoms with van der Waals surface area (Å²) < 4.78 is 0. The van der Waals surface area contributed by atoms with E-state index in [0.29, 0.717) is 0 Å². The van der Waals surface area contributed by atoms with Gasteiger partial charge < -0.3 is 10.2 Å². The van der Waals surface area contributed by atoms with E-state index in [2.05, 4.69) is 24.1 Å². The molecule has 2 rings (SSSR count). The summed E-state index contributed by atoms with van der Waals surface area (Å²) in [5.41, 5.74) is 0. The molecular formula is C10H20N2. The van der Waals surface area contributed by atoms with Crippen molar-refractivity contribution in [3.8, 4) is 0 Å². The SMILES string of the molecule is CC1CN(CC2CNC2)CC1C. The summed E-state index contributed by atoms with van der Waals surface area (Å²) in [6.45, 7) is 11.3. The predicted molar refractivity (Wildman–Crippen MR) is 51.1 cm³/mol. The Morgan fingerprint density at radius 1 is 1.17 bits per heavy atom. The van der Waals surface area contributed by atoms with Crippen LogP contribution in [0.15, 0.2) is 0 Å². The number of nitrogens with one attached hydrogen (secondary N) is 1. The first-order valence-corrected chi connectivity index (χ1v) is 5.19. The summed E-state index contributed by atoms with van der Waals surface area (Å²) in [5.74, 6) is 2.78. The van der Waals surface area contributed by atoms with E-state index in [1.54, 1.807) is 0 Å². The molecule has 0 aromatic heterocycles. The Hall–Kier alpha value is -0.0800. The van der Waals surface area contributed by atoms with Crippen molar-refractivity contribution >= 4 is 0 Å². The van der Waals surface area contributed by atoms with Crippen molar-refractivity contribution in [2.24, 2.45) is 17.8 Å². The Kier molecular flexibility index (Phi) is 2.37. The molecule has 2 heterocycles. The van der Waals surface area contributed by atoms with Gasteiger partial charge in [-0.05, 0) is 17.8 Å². The normalized spacial score (nSPS) is 38.5. The Labute approximate surface area is 75.3 Å². The highest BCUT2D eigenvalue weighted by molar-refractivity contribution is 4.84. The third kappa shape index (κ3) is 1.64. The highest BCUT2D eigenvalue weighted by Crippen LogP contribution is 2.23. The molecule has 2 nitrogen and oxygen atoms in total. The van der Waals surface area contributed by atoms with E-state index in [1.165, 1.54) is 32.7 Å². The molecule has 1 N–H and O–H groups in total. The van der Waals surface area contributed by atoms with E-state index < -0.39 is 0 Å². The van der Waals surface area contributed by atoms with Gasteiger partial charge in [-0.3, -0.25) is 0 Å². The van der Waals surface area contributed by atoms with Crippen LogP contribution in [0.1, 0.15) is 13.8 Å². The highest BCUT2D eigenvalue weighted by Gasteiger charge is 2.28. The van der Waals surface area contributed by atoms with Crippen molar-refractivity contribution in [2.45, 2.75) is 13.8 Å². The molecule has 2 atom stereocenters. The molecule has 0 saturated carbocycles. The molecule has 2 heteroatoms. The summed E-state index contributed by atoms with van der Waals surface area (Å²) in [4.78, 5) is 2.64. The second-order valence-corrected chi connectivity index (χ2v) is 4.70. The molecule has 0 bridgehead atoms. The van der Waals surface area contributed by atoms with Crippen LogP contribution < -0.4 is 5.32 Å². The van der Waals surface area contributed by atoms with Gasteiger partial charge >= 0.3 is 0 Å². The van der Waals surface area contributed by atoms with Crippen LogP contribution in [0.2, 0.25) is 0 Å². The zero-order chi connectivity index (χ0) is 8.55. The van der Waals surface area contributed by atoms with Gasteiger partial charge in [-0.25, -0.2) is 0 Å². The van der Waals surface area contributed by atoms with Crippen LogP contribution in [0.25, 0.3) is 0 Å². The standard InChI is InChI=1S/C10H20N2/c1-8-5-12(6-9(8)2)7-10-3-11-4-10/h8-11H,3-7H2,1-2H3. The smallest absolute Gasteiger partial charge is 0.00342 e. The quantitative estimate of drug-likeness (QED) is 0.656. The van der Waals surface area contributed by atoms with Gasteiger partial charge in [0, 0.05) is 32.7 Å². The summed E-state index contributed by atoms with van der Waals surface area (Å²) >= 11 is 0. The molecule has 0 aromatic rings. The summed E-state index contributed by atoms with van der Waals surface area (Å²) in [7, 11) is 0. The van der Waals surface area contributed by atoms with Crippen LogP contribution in [0.5, 0.6) is 0 Å². The van der Waals surface area contributed by atoms with Crippen LogP contribution in [0.3, 0.4) is 0 Å². The minimum absolute atomic E-state index is 0.915. The van der Waals surface area contributed by atoms with E-state index in [0.717, 1.165) is 17.8 Å². The topological polar surface area (TPSA) is 15.3 Å². The van der Waals surface area contributed by atoms with E-state index in [4.69, 9.17) is 0 Å². The fraction of sp³-hybridized carbons (Fsp3) is 1.00. The number of rotatable bonds is 2. The van der Waals surface area contributed by atoms with Crippen molar-refractivity contribution in [2.75, 3.05) is 32.7 Å². The van der Waals surface area contributed by atoms with E-state index in [1.807, 2.05) is 0 Å². The average Bonchev–Trinajstić information content (AvgIpc) is 2.24. The van der Waals surface area contributed by atoms with Crippen molar-refractivity contribution in [1.29, 1.82) is 0 Å². The third-order valence-corrected chi connectivity index (χ3v) is 3.45. The maximum absolute atomic E-state index is 3.33. The minimum Gasteiger partial charge on any atom is -0.316 e. The molecule has 2 aliphatic heterocycles. The lowest BCUT2D eigenvalue weighted by molar-refractivity contribution is 0.218. The highest BCUT2D eigenvalue weighted by atomic mass is 15.2. The Bertz CT molecular complexity index is 144. The number of hydrogen-bond acceptors (Lipinski definition) is 2. The van der Waals surface area contributed by atoms with E-state index in [-0.39, 0.29) is 0 Å². The molecule has 2 unspecified atom stereocenters. The first-order chi connectivity index (χ1) is 5.75. The third-order valence-electron chi connectivity index (χ3n) is 3.45.